The summed E-state index contributed by atoms with van der Waals surface area (Å²) in [5, 5.41) is 3.12. The van der Waals surface area contributed by atoms with Crippen molar-refractivity contribution in [1.29, 1.82) is 0 Å². The summed E-state index contributed by atoms with van der Waals surface area (Å²) >= 11 is 0. The summed E-state index contributed by atoms with van der Waals surface area (Å²) < 4.78 is 11.4. The first-order valence-corrected chi connectivity index (χ1v) is 9.69. The molecule has 0 aliphatic carbocycles. The van der Waals surface area contributed by atoms with E-state index in [1.165, 1.54) is 0 Å². The Bertz CT molecular complexity index is 741. The summed E-state index contributed by atoms with van der Waals surface area (Å²) in [5.41, 5.74) is 1.67. The summed E-state index contributed by atoms with van der Waals surface area (Å²) in [4.78, 5) is 14.9. The molecule has 1 atom stereocenters. The lowest BCUT2D eigenvalue weighted by Crippen LogP contribution is -2.32. The Morgan fingerprint density at radius 3 is 2.63 bits per heavy atom. The number of nitrogens with zero attached hydrogens (tertiary/aromatic N) is 1. The third-order valence-electron chi connectivity index (χ3n) is 4.95. The van der Waals surface area contributed by atoms with Crippen LogP contribution in [-0.4, -0.2) is 43.7 Å². The zero-order valence-corrected chi connectivity index (χ0v) is 16.1. The van der Waals surface area contributed by atoms with Gasteiger partial charge in [-0.3, -0.25) is 4.79 Å². The molecule has 0 bridgehead atoms. The van der Waals surface area contributed by atoms with Gasteiger partial charge in [0.2, 0.25) is 0 Å². The average Bonchev–Trinajstić information content (AvgIpc) is 2.72. The lowest BCUT2D eigenvalue weighted by atomic mass is 10.00. The van der Waals surface area contributed by atoms with Gasteiger partial charge >= 0.3 is 0 Å². The maximum absolute atomic E-state index is 12.6. The molecule has 0 aromatic heterocycles. The highest BCUT2D eigenvalue weighted by molar-refractivity contribution is 5.94. The Kier molecular flexibility index (Phi) is 6.71. The van der Waals surface area contributed by atoms with Gasteiger partial charge < -0.3 is 19.7 Å². The lowest BCUT2D eigenvalue weighted by Gasteiger charge is -2.26. The second kappa shape index (κ2) is 9.42. The maximum atomic E-state index is 12.6. The number of likely N-dealkylation sites (N-methyl/N-ethyl adjacent to an activating group) is 1. The van der Waals surface area contributed by atoms with Crippen LogP contribution in [-0.2, 0) is 0 Å². The molecule has 1 aliphatic rings. The zero-order valence-electron chi connectivity index (χ0n) is 16.1. The van der Waals surface area contributed by atoms with Crippen LogP contribution in [0.2, 0.25) is 0 Å². The van der Waals surface area contributed by atoms with Crippen molar-refractivity contribution in [3.05, 3.63) is 59.7 Å². The van der Waals surface area contributed by atoms with Gasteiger partial charge in [-0.15, -0.1) is 0 Å². The number of fused-ring (bicyclic) bond motifs is 1. The first-order chi connectivity index (χ1) is 13.2. The van der Waals surface area contributed by atoms with E-state index >= 15 is 0 Å². The molecule has 2 aromatic rings. The molecule has 144 valence electrons. The summed E-state index contributed by atoms with van der Waals surface area (Å²) in [6.07, 6.45) is 0.773. The van der Waals surface area contributed by atoms with Crippen molar-refractivity contribution in [3.63, 3.8) is 0 Å². The van der Waals surface area contributed by atoms with E-state index in [-0.39, 0.29) is 11.9 Å². The predicted octanol–water partition coefficient (Wildman–Crippen LogP) is 3.66. The van der Waals surface area contributed by atoms with Gasteiger partial charge in [0, 0.05) is 24.1 Å². The second-order valence-electron chi connectivity index (χ2n) is 6.60. The molecule has 0 radical (unpaired) electrons. The normalized spacial score (nSPS) is 15.7. The Labute approximate surface area is 161 Å². The van der Waals surface area contributed by atoms with E-state index in [1.807, 2.05) is 48.5 Å². The third-order valence-corrected chi connectivity index (χ3v) is 4.95. The minimum atomic E-state index is -0.0774. The van der Waals surface area contributed by atoms with Gasteiger partial charge in [0.05, 0.1) is 12.6 Å². The van der Waals surface area contributed by atoms with Crippen LogP contribution in [0, 0.1) is 0 Å². The molecule has 5 nitrogen and oxygen atoms in total. The fraction of sp³-hybridized carbons (Fsp3) is 0.409. The number of hydrogen-bond donors (Lipinski definition) is 1. The fourth-order valence-electron chi connectivity index (χ4n) is 3.27. The van der Waals surface area contributed by atoms with Crippen molar-refractivity contribution in [2.75, 3.05) is 32.8 Å². The SMILES string of the molecule is CCN(CC)CCOc1ccc(C(=O)N[C@@H]2CCOc3ccccc32)cc1. The minimum Gasteiger partial charge on any atom is -0.493 e. The van der Waals surface area contributed by atoms with E-state index in [0.717, 1.165) is 43.1 Å². The summed E-state index contributed by atoms with van der Waals surface area (Å²) in [7, 11) is 0. The van der Waals surface area contributed by atoms with Crippen molar-refractivity contribution in [2.24, 2.45) is 0 Å². The third kappa shape index (κ3) is 5.01. The molecular weight excluding hydrogens is 340 g/mol. The van der Waals surface area contributed by atoms with Crippen LogP contribution < -0.4 is 14.8 Å². The first kappa shape index (κ1) is 19.2. The van der Waals surface area contributed by atoms with Crippen LogP contribution in [0.4, 0.5) is 0 Å². The van der Waals surface area contributed by atoms with E-state index in [4.69, 9.17) is 9.47 Å². The summed E-state index contributed by atoms with van der Waals surface area (Å²) in [5.74, 6) is 1.56. The number of rotatable bonds is 8. The van der Waals surface area contributed by atoms with Crippen molar-refractivity contribution in [1.82, 2.24) is 10.2 Å². The first-order valence-electron chi connectivity index (χ1n) is 9.69. The molecule has 1 heterocycles. The highest BCUT2D eigenvalue weighted by Crippen LogP contribution is 2.31. The summed E-state index contributed by atoms with van der Waals surface area (Å²) in [6, 6.07) is 15.2. The molecular formula is C22H28N2O3. The Morgan fingerprint density at radius 1 is 1.15 bits per heavy atom. The molecule has 0 spiro atoms. The molecule has 3 rings (SSSR count). The van der Waals surface area contributed by atoms with Gasteiger partial charge in [0.25, 0.3) is 5.91 Å². The van der Waals surface area contributed by atoms with Crippen molar-refractivity contribution in [3.8, 4) is 11.5 Å². The smallest absolute Gasteiger partial charge is 0.251 e. The molecule has 2 aromatic carbocycles. The molecule has 0 saturated heterocycles. The topological polar surface area (TPSA) is 50.8 Å². The Morgan fingerprint density at radius 2 is 1.89 bits per heavy atom. The molecule has 1 N–H and O–H groups in total. The zero-order chi connectivity index (χ0) is 19.1. The number of hydrogen-bond acceptors (Lipinski definition) is 4. The Hall–Kier alpha value is -2.53. The van der Waals surface area contributed by atoms with Gasteiger partial charge in [-0.2, -0.15) is 0 Å². The van der Waals surface area contributed by atoms with Gasteiger partial charge in [0.15, 0.2) is 0 Å². The molecule has 0 saturated carbocycles. The number of para-hydroxylation sites is 1. The van der Waals surface area contributed by atoms with Crippen LogP contribution in [0.1, 0.15) is 42.2 Å². The van der Waals surface area contributed by atoms with Crippen LogP contribution in [0.5, 0.6) is 11.5 Å². The van der Waals surface area contributed by atoms with Crippen LogP contribution in [0.15, 0.2) is 48.5 Å². The monoisotopic (exact) mass is 368 g/mol. The van der Waals surface area contributed by atoms with Crippen LogP contribution >= 0.6 is 0 Å². The van der Waals surface area contributed by atoms with E-state index in [0.29, 0.717) is 18.8 Å². The second-order valence-corrected chi connectivity index (χ2v) is 6.60. The largest absolute Gasteiger partial charge is 0.493 e. The van der Waals surface area contributed by atoms with Crippen molar-refractivity contribution >= 4 is 5.91 Å². The van der Waals surface area contributed by atoms with Crippen LogP contribution in [0.3, 0.4) is 0 Å². The van der Waals surface area contributed by atoms with Gasteiger partial charge in [-0.1, -0.05) is 32.0 Å². The number of carbonyl (C=O) groups excluding carboxylic acids is 1. The Balaban J connectivity index is 1.55. The average molecular weight is 368 g/mol. The fourth-order valence-corrected chi connectivity index (χ4v) is 3.27. The van der Waals surface area contributed by atoms with E-state index < -0.39 is 0 Å². The molecule has 5 heteroatoms. The summed E-state index contributed by atoms with van der Waals surface area (Å²) in [6.45, 7) is 8.50. The maximum Gasteiger partial charge on any atom is 0.251 e. The number of benzene rings is 2. The number of ether oxygens (including phenoxy) is 2. The van der Waals surface area contributed by atoms with Gasteiger partial charge in [-0.25, -0.2) is 0 Å². The molecule has 1 aliphatic heterocycles. The van der Waals surface area contributed by atoms with E-state index in [1.54, 1.807) is 0 Å². The van der Waals surface area contributed by atoms with Gasteiger partial charge in [0.1, 0.15) is 18.1 Å². The standard InChI is InChI=1S/C22H28N2O3/c1-3-24(4-2)14-16-26-18-11-9-17(10-12-18)22(25)23-20-13-15-27-21-8-6-5-7-19(20)21/h5-12,20H,3-4,13-16H2,1-2H3,(H,23,25)/t20-/m1/s1. The van der Waals surface area contributed by atoms with Gasteiger partial charge in [-0.05, 0) is 43.4 Å². The molecule has 27 heavy (non-hydrogen) atoms. The highest BCUT2D eigenvalue weighted by atomic mass is 16.5. The quantitative estimate of drug-likeness (QED) is 0.773. The lowest BCUT2D eigenvalue weighted by molar-refractivity contribution is 0.0924. The minimum absolute atomic E-state index is 0.0209. The number of carbonyl (C=O) groups is 1. The van der Waals surface area contributed by atoms with E-state index in [9.17, 15) is 4.79 Å². The highest BCUT2D eigenvalue weighted by Gasteiger charge is 2.23. The molecule has 1 amide bonds. The van der Waals surface area contributed by atoms with Crippen molar-refractivity contribution < 1.29 is 14.3 Å². The van der Waals surface area contributed by atoms with Crippen molar-refractivity contribution in [2.45, 2.75) is 26.3 Å². The number of nitrogens with one attached hydrogen (secondary N) is 1. The molecule has 0 unspecified atom stereocenters. The number of amides is 1. The predicted molar refractivity (Wildman–Crippen MR) is 106 cm³/mol. The molecule has 0 fully saturated rings. The van der Waals surface area contributed by atoms with E-state index in [2.05, 4.69) is 24.1 Å². The van der Waals surface area contributed by atoms with Crippen LogP contribution in [0.25, 0.3) is 0 Å².